The van der Waals surface area contributed by atoms with Gasteiger partial charge in [0.1, 0.15) is 47.5 Å². The molecule has 3 N–H and O–H groups in total. The van der Waals surface area contributed by atoms with Crippen molar-refractivity contribution in [2.75, 3.05) is 30.0 Å². The molecule has 3 atom stereocenters. The first-order valence-electron chi connectivity index (χ1n) is 21.1. The van der Waals surface area contributed by atoms with E-state index in [4.69, 9.17) is 26.1 Å². The highest BCUT2D eigenvalue weighted by Gasteiger charge is 2.68. The van der Waals surface area contributed by atoms with E-state index in [1.54, 1.807) is 0 Å². The van der Waals surface area contributed by atoms with Gasteiger partial charge in [0.15, 0.2) is 21.3 Å². The zero-order valence-corrected chi connectivity index (χ0v) is 41.5. The van der Waals surface area contributed by atoms with E-state index < -0.39 is 175 Å². The number of pyridine rings is 1. The van der Waals surface area contributed by atoms with Crippen LogP contribution in [0.1, 0.15) is 66.1 Å². The molecule has 32 heteroatoms. The Balaban J connectivity index is 1.46. The third-order valence-corrected chi connectivity index (χ3v) is 15.3. The summed E-state index contributed by atoms with van der Waals surface area (Å²) in [7, 11) is -14.1. The number of halogens is 11. The van der Waals surface area contributed by atoms with Crippen molar-refractivity contribution >= 4 is 68.0 Å². The maximum absolute atomic E-state index is 15.6. The minimum Gasteiger partial charge on any atom is -0.446 e. The monoisotopic (exact) mass is 1140 g/mol. The molecule has 1 saturated carbocycles. The van der Waals surface area contributed by atoms with E-state index in [9.17, 15) is 66.1 Å². The van der Waals surface area contributed by atoms with Crippen LogP contribution in [0, 0.1) is 29.4 Å². The first-order valence-corrected chi connectivity index (χ1v) is 26.7. The third kappa shape index (κ3) is 11.8. The molecule has 2 amide bonds. The number of nitrogens with one attached hydrogen (secondary N) is 1. The molecule has 3 heterocycles. The lowest BCUT2D eigenvalue weighted by Crippen LogP contribution is -2.37. The molecule has 74 heavy (non-hydrogen) atoms. The van der Waals surface area contributed by atoms with Crippen molar-refractivity contribution < 1.29 is 93.9 Å². The molecule has 5 aromatic rings. The summed E-state index contributed by atoms with van der Waals surface area (Å²) in [5.74, 6) is -6.47. The molecular formula is C42H37ClF10N7O11PS2. The fourth-order valence-electron chi connectivity index (χ4n) is 8.12. The average molecular weight is 1140 g/mol. The summed E-state index contributed by atoms with van der Waals surface area (Å²) in [5, 5.41) is 8.21. The summed E-state index contributed by atoms with van der Waals surface area (Å²) in [5.41, 5.74) is -6.42. The predicted octanol–water partition coefficient (Wildman–Crippen LogP) is 7.30. The largest absolute Gasteiger partial charge is 0.469 e. The number of amides is 2. The zero-order valence-electron chi connectivity index (χ0n) is 38.2. The van der Waals surface area contributed by atoms with Crippen LogP contribution in [0.15, 0.2) is 42.5 Å². The number of sulfonamides is 1. The highest BCUT2D eigenvalue weighted by atomic mass is 35.5. The second kappa shape index (κ2) is 19.4. The van der Waals surface area contributed by atoms with Crippen molar-refractivity contribution in [2.24, 2.45) is 5.92 Å². The summed E-state index contributed by atoms with van der Waals surface area (Å²) in [4.78, 5) is 50.0. The molecule has 0 radical (unpaired) electrons. The van der Waals surface area contributed by atoms with Crippen molar-refractivity contribution in [2.45, 2.75) is 74.8 Å². The van der Waals surface area contributed by atoms with E-state index in [1.165, 1.54) is 13.8 Å². The van der Waals surface area contributed by atoms with Crippen molar-refractivity contribution in [3.05, 3.63) is 93.0 Å². The molecule has 0 bridgehead atoms. The smallest absolute Gasteiger partial charge is 0.446 e. The number of nitrogens with zero attached hydrogens (tertiary/aromatic N) is 6. The number of phosphoric ester groups is 1. The van der Waals surface area contributed by atoms with E-state index in [1.807, 2.05) is 0 Å². The number of rotatable bonds is 15. The molecular weight excluding hydrogens is 1100 g/mol. The Morgan fingerprint density at radius 1 is 0.973 bits per heavy atom. The highest BCUT2D eigenvalue weighted by molar-refractivity contribution is 7.93. The van der Waals surface area contributed by atoms with E-state index in [0.29, 0.717) is 12.3 Å². The standard InChI is InChI=1S/C42H37ClF10N7O11PS2/c1-39(2,73(3,66)67)10-9-23-5-6-24(25-7-8-28(43)32-34(25)59(19-40(46,47)48)57-37(32)60(74(4,68)69)38(62)70-11-12-71-72(63,64)65)33(54-23)29(15-20-13-21(44)16-22(45)14-20)55-30(61)18-58-36-31(35(56-58)42(51,52)53)26-17-27(26)41(36,49)50/h5-8,13-14,16,26-27,29H,11-12,15,17-19H2,1-4H3,(H,55,61)(H2,63,64,65)/t26-,27+,29-/m0/s1. The molecule has 400 valence electrons. The molecule has 7 rings (SSSR count). The van der Waals surface area contributed by atoms with E-state index >= 15 is 8.78 Å². The number of carbonyl (C=O) groups is 2. The van der Waals surface area contributed by atoms with Gasteiger partial charge in [-0.15, -0.1) is 0 Å². The molecule has 0 saturated heterocycles. The van der Waals surface area contributed by atoms with E-state index in [-0.39, 0.29) is 36.9 Å². The summed E-state index contributed by atoms with van der Waals surface area (Å²) in [6, 6.07) is 4.33. The van der Waals surface area contributed by atoms with Crippen molar-refractivity contribution in [1.29, 1.82) is 0 Å². The number of anilines is 1. The second-order valence-corrected chi connectivity index (χ2v) is 23.5. The fraction of sp³-hybridized carbons (Fsp3) is 0.405. The van der Waals surface area contributed by atoms with Gasteiger partial charge in [-0.2, -0.15) is 49.6 Å². The van der Waals surface area contributed by atoms with E-state index in [0.717, 1.165) is 42.7 Å². The van der Waals surface area contributed by atoms with Crippen molar-refractivity contribution in [3.63, 3.8) is 0 Å². The quantitative estimate of drug-likeness (QED) is 0.0403. The Hall–Kier alpha value is -5.83. The lowest BCUT2D eigenvalue weighted by molar-refractivity contribution is -0.143. The van der Waals surface area contributed by atoms with Gasteiger partial charge in [0.25, 0.3) is 5.92 Å². The first-order chi connectivity index (χ1) is 33.9. The Morgan fingerprint density at radius 3 is 2.19 bits per heavy atom. The Morgan fingerprint density at radius 2 is 1.61 bits per heavy atom. The number of alkyl halides is 8. The van der Waals surface area contributed by atoms with Crippen LogP contribution in [0.3, 0.4) is 0 Å². The van der Waals surface area contributed by atoms with Crippen LogP contribution in [0.25, 0.3) is 22.0 Å². The molecule has 2 aliphatic rings. The van der Waals surface area contributed by atoms with Crippen molar-refractivity contribution in [3.8, 4) is 23.0 Å². The zero-order chi connectivity index (χ0) is 55.1. The lowest BCUT2D eigenvalue weighted by atomic mass is 9.93. The van der Waals surface area contributed by atoms with Crippen LogP contribution in [0.5, 0.6) is 0 Å². The van der Waals surface area contributed by atoms with Crippen LogP contribution < -0.4 is 9.62 Å². The summed E-state index contributed by atoms with van der Waals surface area (Å²) >= 11 is 6.56. The van der Waals surface area contributed by atoms with Gasteiger partial charge < -0.3 is 19.8 Å². The minimum absolute atomic E-state index is 0.150. The fourth-order valence-corrected chi connectivity index (χ4v) is 9.67. The van der Waals surface area contributed by atoms with Gasteiger partial charge >= 0.3 is 26.3 Å². The average Bonchev–Trinajstić information content (AvgIpc) is 3.75. The first kappa shape index (κ1) is 55.9. The van der Waals surface area contributed by atoms with Crippen molar-refractivity contribution in [1.82, 2.24) is 29.9 Å². The molecule has 3 aromatic heterocycles. The highest BCUT2D eigenvalue weighted by Crippen LogP contribution is 2.68. The van der Waals surface area contributed by atoms with Gasteiger partial charge in [0.05, 0.1) is 40.5 Å². The number of benzene rings is 2. The second-order valence-electron chi connectivity index (χ2n) is 17.5. The van der Waals surface area contributed by atoms with Crippen LogP contribution in [-0.2, 0) is 70.1 Å². The van der Waals surface area contributed by atoms with Gasteiger partial charge in [-0.1, -0.05) is 23.6 Å². The van der Waals surface area contributed by atoms with Gasteiger partial charge in [0, 0.05) is 34.9 Å². The number of carbonyl (C=O) groups excluding carboxylic acids is 2. The number of ether oxygens (including phenoxy) is 1. The maximum Gasteiger partial charge on any atom is 0.469 e. The third-order valence-electron chi connectivity index (χ3n) is 11.6. The number of phosphoric acid groups is 1. The molecule has 1 fully saturated rings. The van der Waals surface area contributed by atoms with Gasteiger partial charge in [-0.25, -0.2) is 40.0 Å². The van der Waals surface area contributed by atoms with Gasteiger partial charge in [0.2, 0.25) is 15.9 Å². The topological polar surface area (TPSA) is 242 Å². The summed E-state index contributed by atoms with van der Waals surface area (Å²) in [6.07, 6.45) is -12.2. The molecule has 0 spiro atoms. The van der Waals surface area contributed by atoms with Crippen LogP contribution in [0.2, 0.25) is 5.02 Å². The molecule has 18 nitrogen and oxygen atoms in total. The molecule has 2 aliphatic carbocycles. The molecule has 2 aromatic carbocycles. The van der Waals surface area contributed by atoms with Gasteiger partial charge in [-0.05, 0) is 74.4 Å². The Bertz CT molecular complexity index is 3450. The normalized spacial score (nSPS) is 17.0. The number of sulfone groups is 1. The lowest BCUT2D eigenvalue weighted by Gasteiger charge is -2.23. The predicted molar refractivity (Wildman–Crippen MR) is 239 cm³/mol. The van der Waals surface area contributed by atoms with E-state index in [2.05, 4.69) is 36.9 Å². The SMILES string of the molecule is CC(C)(C#Cc1ccc(-c2ccc(Cl)c3c(N(C(=O)OCCOP(=O)(O)O)S(C)(=O)=O)nn(CC(F)(F)F)c23)c([C@H](Cc2cc(F)cc(F)c2)NC(=O)Cn2nc(C(F)(F)F)c3c2C(F)(F)[C@@H]2C[C@H]32)n1)S(C)(=O)=O. The Kier molecular flexibility index (Phi) is 14.6. The number of aromatic nitrogens is 5. The number of hydrogen-bond donors (Lipinski definition) is 3. The van der Waals surface area contributed by atoms with Crippen LogP contribution in [-0.4, -0.2) is 99.8 Å². The molecule has 0 aliphatic heterocycles. The molecule has 0 unspecified atom stereocenters. The summed E-state index contributed by atoms with van der Waals surface area (Å²) < 4.78 is 217. The van der Waals surface area contributed by atoms with Crippen LogP contribution in [0.4, 0.5) is 54.5 Å². The van der Waals surface area contributed by atoms with Crippen LogP contribution >= 0.6 is 19.4 Å². The minimum atomic E-state index is -5.25. The number of hydrogen-bond acceptors (Lipinski definition) is 12. The Labute approximate surface area is 417 Å². The number of fused-ring (bicyclic) bond motifs is 4. The van der Waals surface area contributed by atoms with Gasteiger partial charge in [-0.3, -0.25) is 18.7 Å². The summed E-state index contributed by atoms with van der Waals surface area (Å²) in [6.45, 7) is -3.06. The maximum atomic E-state index is 15.6.